The van der Waals surface area contributed by atoms with Gasteiger partial charge in [-0.3, -0.25) is 4.79 Å². The number of pyridine rings is 1. The molecule has 0 fully saturated rings. The highest BCUT2D eigenvalue weighted by molar-refractivity contribution is 5.94. The average Bonchev–Trinajstić information content (AvgIpc) is 3.22. The molecule has 0 saturated carbocycles. The first-order valence-electron chi connectivity index (χ1n) is 9.67. The predicted octanol–water partition coefficient (Wildman–Crippen LogP) is 3.80. The first-order valence-corrected chi connectivity index (χ1v) is 9.67. The van der Waals surface area contributed by atoms with Crippen molar-refractivity contribution in [1.29, 1.82) is 0 Å². The third kappa shape index (κ3) is 3.15. The van der Waals surface area contributed by atoms with Gasteiger partial charge in [-0.15, -0.1) is 0 Å². The lowest BCUT2D eigenvalue weighted by Gasteiger charge is -2.15. The molecule has 4 aromatic rings. The zero-order valence-electron chi connectivity index (χ0n) is 16.2. The maximum absolute atomic E-state index is 15.1. The molecular weight excluding hydrogens is 399 g/mol. The summed E-state index contributed by atoms with van der Waals surface area (Å²) in [6, 6.07) is 14.5. The largest absolute Gasteiger partial charge is 0.508 e. The summed E-state index contributed by atoms with van der Waals surface area (Å²) in [6.45, 7) is 1.48. The van der Waals surface area contributed by atoms with E-state index >= 15 is 4.39 Å². The third-order valence-corrected chi connectivity index (χ3v) is 5.60. The molecule has 0 bridgehead atoms. The molecule has 154 valence electrons. The Morgan fingerprint density at radius 1 is 1.00 bits per heavy atom. The van der Waals surface area contributed by atoms with Crippen molar-refractivity contribution in [3.8, 4) is 22.6 Å². The van der Waals surface area contributed by atoms with E-state index in [4.69, 9.17) is 0 Å². The zero-order valence-corrected chi connectivity index (χ0v) is 16.2. The number of aromatic carboxylic acids is 1. The van der Waals surface area contributed by atoms with Gasteiger partial charge in [0.25, 0.3) is 0 Å². The van der Waals surface area contributed by atoms with Crippen molar-refractivity contribution in [2.75, 3.05) is 0 Å². The van der Waals surface area contributed by atoms with Crippen LogP contribution in [0.1, 0.15) is 21.5 Å². The molecular formula is C24H17FN2O4. The molecule has 6 nitrogen and oxygen atoms in total. The van der Waals surface area contributed by atoms with Crippen LogP contribution in [0.15, 0.2) is 65.6 Å². The Kier molecular flexibility index (Phi) is 4.34. The first kappa shape index (κ1) is 19.0. The van der Waals surface area contributed by atoms with E-state index in [2.05, 4.69) is 5.32 Å². The third-order valence-electron chi connectivity index (χ3n) is 5.60. The zero-order chi connectivity index (χ0) is 21.7. The molecule has 2 heterocycles. The summed E-state index contributed by atoms with van der Waals surface area (Å²) >= 11 is 0. The minimum absolute atomic E-state index is 0.0305. The Bertz CT molecular complexity index is 1420. The SMILES string of the molecule is O=C(O)c1cn(-c2ccc(O)cc2)c2cc(-c3ccc4c(c3)CNC4)c(F)cc2c1=O. The molecule has 0 aliphatic carbocycles. The first-order chi connectivity index (χ1) is 14.9. The Balaban J connectivity index is 1.81. The van der Waals surface area contributed by atoms with E-state index < -0.39 is 22.8 Å². The lowest BCUT2D eigenvalue weighted by atomic mass is 9.98. The standard InChI is InChI=1S/C24H17FN2O4/c25-21-8-19-22(9-18(21)13-1-2-14-10-26-11-15(14)7-13)27(12-20(23(19)29)24(30)31)16-3-5-17(28)6-4-16/h1-9,12,26,28H,10-11H2,(H,30,31). The monoisotopic (exact) mass is 416 g/mol. The Morgan fingerprint density at radius 3 is 2.48 bits per heavy atom. The van der Waals surface area contributed by atoms with E-state index in [1.807, 2.05) is 18.2 Å². The number of hydrogen-bond donors (Lipinski definition) is 3. The lowest BCUT2D eigenvalue weighted by molar-refractivity contribution is 0.0695. The van der Waals surface area contributed by atoms with Crippen molar-refractivity contribution in [3.63, 3.8) is 0 Å². The Hall–Kier alpha value is -3.97. The highest BCUT2D eigenvalue weighted by Gasteiger charge is 2.19. The number of phenolic OH excluding ortho intramolecular Hbond substituents is 1. The fourth-order valence-corrected chi connectivity index (χ4v) is 4.01. The van der Waals surface area contributed by atoms with Crippen LogP contribution in [-0.2, 0) is 13.1 Å². The summed E-state index contributed by atoms with van der Waals surface area (Å²) in [5, 5.41) is 22.3. The van der Waals surface area contributed by atoms with E-state index in [9.17, 15) is 19.8 Å². The number of carboxylic acids is 1. The second-order valence-electron chi connectivity index (χ2n) is 7.50. The molecule has 0 unspecified atom stereocenters. The fraction of sp³-hybridized carbons (Fsp3) is 0.0833. The number of carboxylic acid groups (broad SMARTS) is 1. The molecule has 5 rings (SSSR count). The van der Waals surface area contributed by atoms with E-state index in [0.29, 0.717) is 28.9 Å². The van der Waals surface area contributed by atoms with Crippen molar-refractivity contribution >= 4 is 16.9 Å². The van der Waals surface area contributed by atoms with Gasteiger partial charge in [0.05, 0.1) is 5.52 Å². The molecule has 1 aliphatic rings. The number of nitrogens with one attached hydrogen (secondary N) is 1. The molecule has 31 heavy (non-hydrogen) atoms. The number of halogens is 1. The molecule has 0 amide bonds. The van der Waals surface area contributed by atoms with Crippen LogP contribution in [0.5, 0.6) is 5.75 Å². The van der Waals surface area contributed by atoms with E-state index in [1.165, 1.54) is 22.9 Å². The predicted molar refractivity (Wildman–Crippen MR) is 114 cm³/mol. The molecule has 0 atom stereocenters. The topological polar surface area (TPSA) is 91.6 Å². The van der Waals surface area contributed by atoms with Gasteiger partial charge in [0.2, 0.25) is 5.43 Å². The van der Waals surface area contributed by atoms with Crippen LogP contribution in [0.3, 0.4) is 0 Å². The highest BCUT2D eigenvalue weighted by Crippen LogP contribution is 2.31. The summed E-state index contributed by atoms with van der Waals surface area (Å²) in [6.07, 6.45) is 1.23. The number of hydrogen-bond acceptors (Lipinski definition) is 4. The number of fused-ring (bicyclic) bond motifs is 2. The van der Waals surface area contributed by atoms with Gasteiger partial charge in [-0.1, -0.05) is 12.1 Å². The van der Waals surface area contributed by atoms with Crippen LogP contribution in [-0.4, -0.2) is 20.7 Å². The van der Waals surface area contributed by atoms with Gasteiger partial charge in [-0.05, 0) is 59.2 Å². The van der Waals surface area contributed by atoms with Crippen LogP contribution >= 0.6 is 0 Å². The Morgan fingerprint density at radius 2 is 1.74 bits per heavy atom. The van der Waals surface area contributed by atoms with Crippen LogP contribution < -0.4 is 10.7 Å². The van der Waals surface area contributed by atoms with E-state index in [1.54, 1.807) is 18.2 Å². The average molecular weight is 416 g/mol. The van der Waals surface area contributed by atoms with Gasteiger partial charge in [-0.25, -0.2) is 9.18 Å². The number of phenols is 1. The second kappa shape index (κ2) is 7.07. The maximum atomic E-state index is 15.1. The molecule has 7 heteroatoms. The quantitative estimate of drug-likeness (QED) is 0.473. The van der Waals surface area contributed by atoms with Crippen molar-refractivity contribution in [2.24, 2.45) is 0 Å². The second-order valence-corrected chi connectivity index (χ2v) is 7.50. The maximum Gasteiger partial charge on any atom is 0.341 e. The number of nitrogens with zero attached hydrogens (tertiary/aromatic N) is 1. The number of aromatic nitrogens is 1. The summed E-state index contributed by atoms with van der Waals surface area (Å²) in [5.74, 6) is -1.95. The van der Waals surface area contributed by atoms with Gasteiger partial charge in [0.1, 0.15) is 17.1 Å². The molecule has 1 aromatic heterocycles. The minimum Gasteiger partial charge on any atom is -0.508 e. The lowest BCUT2D eigenvalue weighted by Crippen LogP contribution is -2.18. The smallest absolute Gasteiger partial charge is 0.341 e. The summed E-state index contributed by atoms with van der Waals surface area (Å²) in [5.41, 5.74) is 2.94. The van der Waals surface area contributed by atoms with Crippen molar-refractivity contribution < 1.29 is 19.4 Å². The van der Waals surface area contributed by atoms with E-state index in [0.717, 1.165) is 23.7 Å². The van der Waals surface area contributed by atoms with Crippen LogP contribution in [0.2, 0.25) is 0 Å². The molecule has 0 radical (unpaired) electrons. The van der Waals surface area contributed by atoms with Gasteiger partial charge in [-0.2, -0.15) is 0 Å². The summed E-state index contributed by atoms with van der Waals surface area (Å²) < 4.78 is 16.6. The van der Waals surface area contributed by atoms with Crippen molar-refractivity contribution in [1.82, 2.24) is 9.88 Å². The normalized spacial score (nSPS) is 12.8. The van der Waals surface area contributed by atoms with Gasteiger partial charge in [0.15, 0.2) is 0 Å². The van der Waals surface area contributed by atoms with Crippen molar-refractivity contribution in [3.05, 3.63) is 93.5 Å². The van der Waals surface area contributed by atoms with Crippen molar-refractivity contribution in [2.45, 2.75) is 13.1 Å². The molecule has 0 saturated heterocycles. The molecule has 3 N–H and O–H groups in total. The van der Waals surface area contributed by atoms with Crippen LogP contribution in [0, 0.1) is 5.82 Å². The van der Waals surface area contributed by atoms with E-state index in [-0.39, 0.29) is 11.1 Å². The minimum atomic E-state index is -1.39. The highest BCUT2D eigenvalue weighted by atomic mass is 19.1. The van der Waals surface area contributed by atoms with Crippen LogP contribution in [0.4, 0.5) is 4.39 Å². The summed E-state index contributed by atoms with van der Waals surface area (Å²) in [7, 11) is 0. The fourth-order valence-electron chi connectivity index (χ4n) is 4.01. The summed E-state index contributed by atoms with van der Waals surface area (Å²) in [4.78, 5) is 24.4. The van der Waals surface area contributed by atoms with Gasteiger partial charge >= 0.3 is 5.97 Å². The number of aromatic hydroxyl groups is 1. The van der Waals surface area contributed by atoms with Crippen LogP contribution in [0.25, 0.3) is 27.7 Å². The molecule has 1 aliphatic heterocycles. The number of carbonyl (C=O) groups is 1. The number of benzene rings is 3. The number of rotatable bonds is 3. The van der Waals surface area contributed by atoms with Gasteiger partial charge in [0, 0.05) is 35.9 Å². The van der Waals surface area contributed by atoms with Gasteiger partial charge < -0.3 is 20.1 Å². The molecule has 0 spiro atoms. The Labute approximate surface area is 175 Å². The molecule has 3 aromatic carbocycles.